The molecule has 0 radical (unpaired) electrons. The quantitative estimate of drug-likeness (QED) is 0.902. The fraction of sp³-hybridized carbons (Fsp3) is 0.353. The Labute approximate surface area is 120 Å². The van der Waals surface area contributed by atoms with Gasteiger partial charge in [0.05, 0.1) is 6.10 Å². The van der Waals surface area contributed by atoms with E-state index in [2.05, 4.69) is 48.0 Å². The third-order valence-corrected chi connectivity index (χ3v) is 3.37. The Balaban J connectivity index is 2.20. The van der Waals surface area contributed by atoms with Gasteiger partial charge in [0, 0.05) is 18.8 Å². The van der Waals surface area contributed by atoms with Gasteiger partial charge in [-0.25, -0.2) is 4.98 Å². The van der Waals surface area contributed by atoms with Gasteiger partial charge in [-0.2, -0.15) is 0 Å². The lowest BCUT2D eigenvalue weighted by atomic mass is 10.1. The SMILES string of the molecule is CC(C)N(Cc1ccccc1)c1ccc([C@@H](C)O)cn1. The second-order valence-electron chi connectivity index (χ2n) is 5.33. The summed E-state index contributed by atoms with van der Waals surface area (Å²) in [5.74, 6) is 0.938. The summed E-state index contributed by atoms with van der Waals surface area (Å²) in [5.41, 5.74) is 2.11. The van der Waals surface area contributed by atoms with Crippen LogP contribution in [0.25, 0.3) is 0 Å². The van der Waals surface area contributed by atoms with Gasteiger partial charge < -0.3 is 10.0 Å². The van der Waals surface area contributed by atoms with E-state index in [1.807, 2.05) is 18.2 Å². The van der Waals surface area contributed by atoms with Crippen LogP contribution in [0.3, 0.4) is 0 Å². The zero-order valence-corrected chi connectivity index (χ0v) is 12.3. The summed E-state index contributed by atoms with van der Waals surface area (Å²) in [7, 11) is 0. The molecule has 0 aliphatic heterocycles. The summed E-state index contributed by atoms with van der Waals surface area (Å²) in [6.07, 6.45) is 1.28. The van der Waals surface area contributed by atoms with Crippen LogP contribution in [0.4, 0.5) is 5.82 Å². The normalized spacial score (nSPS) is 12.4. The van der Waals surface area contributed by atoms with Crippen LogP contribution < -0.4 is 4.90 Å². The van der Waals surface area contributed by atoms with Gasteiger partial charge in [-0.1, -0.05) is 36.4 Å². The van der Waals surface area contributed by atoms with Gasteiger partial charge in [0.25, 0.3) is 0 Å². The Kier molecular flexibility index (Phi) is 4.74. The maximum atomic E-state index is 9.54. The zero-order chi connectivity index (χ0) is 14.5. The molecule has 0 bridgehead atoms. The number of nitrogens with zero attached hydrogens (tertiary/aromatic N) is 2. The number of aliphatic hydroxyl groups is 1. The van der Waals surface area contributed by atoms with E-state index in [1.54, 1.807) is 13.1 Å². The van der Waals surface area contributed by atoms with Crippen molar-refractivity contribution in [3.05, 3.63) is 59.8 Å². The van der Waals surface area contributed by atoms with E-state index in [9.17, 15) is 5.11 Å². The second kappa shape index (κ2) is 6.53. The molecule has 3 nitrogen and oxygen atoms in total. The minimum atomic E-state index is -0.474. The number of hydrogen-bond acceptors (Lipinski definition) is 3. The molecule has 2 rings (SSSR count). The first-order valence-electron chi connectivity index (χ1n) is 7.02. The smallest absolute Gasteiger partial charge is 0.129 e. The molecule has 0 unspecified atom stereocenters. The van der Waals surface area contributed by atoms with E-state index in [-0.39, 0.29) is 0 Å². The molecule has 0 spiro atoms. The van der Waals surface area contributed by atoms with Crippen molar-refractivity contribution < 1.29 is 5.11 Å². The molecule has 106 valence electrons. The Morgan fingerprint density at radius 2 is 1.75 bits per heavy atom. The van der Waals surface area contributed by atoms with Crippen molar-refractivity contribution in [3.8, 4) is 0 Å². The molecule has 20 heavy (non-hydrogen) atoms. The van der Waals surface area contributed by atoms with Gasteiger partial charge in [0.2, 0.25) is 0 Å². The van der Waals surface area contributed by atoms with Crippen LogP contribution >= 0.6 is 0 Å². The second-order valence-corrected chi connectivity index (χ2v) is 5.33. The highest BCUT2D eigenvalue weighted by molar-refractivity contribution is 5.41. The Morgan fingerprint density at radius 1 is 1.05 bits per heavy atom. The summed E-state index contributed by atoms with van der Waals surface area (Å²) in [5, 5.41) is 9.54. The van der Waals surface area contributed by atoms with E-state index in [0.717, 1.165) is 17.9 Å². The molecule has 0 saturated carbocycles. The summed E-state index contributed by atoms with van der Waals surface area (Å²) >= 11 is 0. The first-order valence-corrected chi connectivity index (χ1v) is 7.02. The van der Waals surface area contributed by atoms with Gasteiger partial charge in [0.15, 0.2) is 0 Å². The number of anilines is 1. The number of aliphatic hydroxyl groups excluding tert-OH is 1. The average Bonchev–Trinajstić information content (AvgIpc) is 2.45. The molecule has 1 atom stereocenters. The van der Waals surface area contributed by atoms with Crippen LogP contribution in [-0.2, 0) is 6.54 Å². The molecule has 0 amide bonds. The number of rotatable bonds is 5. The summed E-state index contributed by atoms with van der Waals surface area (Å²) in [6.45, 7) is 6.90. The molecular formula is C17H22N2O. The standard InChI is InChI=1S/C17H22N2O/c1-13(2)19(12-15-7-5-4-6-8-15)17-10-9-16(11-18-17)14(3)20/h4-11,13-14,20H,12H2,1-3H3/t14-/m1/s1. The summed E-state index contributed by atoms with van der Waals surface area (Å²) < 4.78 is 0. The number of aromatic nitrogens is 1. The monoisotopic (exact) mass is 270 g/mol. The average molecular weight is 270 g/mol. The van der Waals surface area contributed by atoms with Gasteiger partial charge in [0.1, 0.15) is 5.82 Å². The van der Waals surface area contributed by atoms with Crippen LogP contribution in [0.5, 0.6) is 0 Å². The topological polar surface area (TPSA) is 36.4 Å². The molecule has 0 fully saturated rings. The molecule has 1 aromatic heterocycles. The Hall–Kier alpha value is -1.87. The number of hydrogen-bond donors (Lipinski definition) is 1. The van der Waals surface area contributed by atoms with Crippen LogP contribution in [0.2, 0.25) is 0 Å². The predicted molar refractivity (Wildman–Crippen MR) is 82.6 cm³/mol. The summed E-state index contributed by atoms with van der Waals surface area (Å²) in [4.78, 5) is 6.73. The molecule has 1 heterocycles. The molecule has 0 saturated heterocycles. The third-order valence-electron chi connectivity index (χ3n) is 3.37. The first-order chi connectivity index (χ1) is 9.58. The summed E-state index contributed by atoms with van der Waals surface area (Å²) in [6, 6.07) is 14.7. The molecule has 2 aromatic rings. The highest BCUT2D eigenvalue weighted by Gasteiger charge is 2.13. The number of benzene rings is 1. The van der Waals surface area contributed by atoms with E-state index in [4.69, 9.17) is 0 Å². The van der Waals surface area contributed by atoms with Crippen LogP contribution in [0, 0.1) is 0 Å². The van der Waals surface area contributed by atoms with Crippen molar-refractivity contribution in [1.29, 1.82) is 0 Å². The van der Waals surface area contributed by atoms with E-state index in [1.165, 1.54) is 5.56 Å². The molecule has 1 aromatic carbocycles. The lowest BCUT2D eigenvalue weighted by Crippen LogP contribution is -2.30. The van der Waals surface area contributed by atoms with Gasteiger partial charge in [-0.05, 0) is 38.0 Å². The molecule has 3 heteroatoms. The molecule has 1 N–H and O–H groups in total. The van der Waals surface area contributed by atoms with Gasteiger partial charge in [-0.15, -0.1) is 0 Å². The van der Waals surface area contributed by atoms with Crippen molar-refractivity contribution >= 4 is 5.82 Å². The first kappa shape index (κ1) is 14.5. The number of pyridine rings is 1. The van der Waals surface area contributed by atoms with E-state index in [0.29, 0.717) is 6.04 Å². The Morgan fingerprint density at radius 3 is 2.25 bits per heavy atom. The Bertz CT molecular complexity index is 520. The van der Waals surface area contributed by atoms with Crippen LogP contribution in [0.15, 0.2) is 48.7 Å². The van der Waals surface area contributed by atoms with E-state index >= 15 is 0 Å². The largest absolute Gasteiger partial charge is 0.389 e. The highest BCUT2D eigenvalue weighted by Crippen LogP contribution is 2.20. The van der Waals surface area contributed by atoms with Crippen molar-refractivity contribution in [2.75, 3.05) is 4.90 Å². The lowest BCUT2D eigenvalue weighted by molar-refractivity contribution is 0.199. The fourth-order valence-electron chi connectivity index (χ4n) is 2.12. The van der Waals surface area contributed by atoms with Crippen molar-refractivity contribution in [2.45, 2.75) is 39.5 Å². The maximum Gasteiger partial charge on any atom is 0.129 e. The maximum absolute atomic E-state index is 9.54. The van der Waals surface area contributed by atoms with Crippen molar-refractivity contribution in [3.63, 3.8) is 0 Å². The lowest BCUT2D eigenvalue weighted by Gasteiger charge is -2.28. The molecule has 0 aliphatic carbocycles. The van der Waals surface area contributed by atoms with Crippen LogP contribution in [-0.4, -0.2) is 16.1 Å². The van der Waals surface area contributed by atoms with E-state index < -0.39 is 6.10 Å². The third kappa shape index (κ3) is 3.58. The van der Waals surface area contributed by atoms with Crippen LogP contribution in [0.1, 0.15) is 38.0 Å². The van der Waals surface area contributed by atoms with Crippen molar-refractivity contribution in [2.24, 2.45) is 0 Å². The minimum Gasteiger partial charge on any atom is -0.389 e. The highest BCUT2D eigenvalue weighted by atomic mass is 16.3. The fourth-order valence-corrected chi connectivity index (χ4v) is 2.12. The minimum absolute atomic E-state index is 0.361. The molecule has 0 aliphatic rings. The van der Waals surface area contributed by atoms with Crippen molar-refractivity contribution in [1.82, 2.24) is 4.98 Å². The molecular weight excluding hydrogens is 248 g/mol. The zero-order valence-electron chi connectivity index (χ0n) is 12.3. The predicted octanol–water partition coefficient (Wildman–Crippen LogP) is 3.55. The van der Waals surface area contributed by atoms with Gasteiger partial charge >= 0.3 is 0 Å². The van der Waals surface area contributed by atoms with Gasteiger partial charge in [-0.3, -0.25) is 0 Å².